The van der Waals surface area contributed by atoms with Gasteiger partial charge in [-0.3, -0.25) is 9.59 Å². The number of carbonyl (C=O) groups is 2. The van der Waals surface area contributed by atoms with E-state index in [2.05, 4.69) is 0 Å². The molecule has 1 amide bonds. The van der Waals surface area contributed by atoms with Gasteiger partial charge in [0.05, 0.1) is 0 Å². The molecular weight excluding hydrogens is 246 g/mol. The Bertz CT molecular complexity index is 471. The maximum Gasteiger partial charge on any atom is 0.323 e. The number of aryl methyl sites for hydroxylation is 2. The van der Waals surface area contributed by atoms with Crippen molar-refractivity contribution in [3.8, 4) is 5.75 Å². The number of aliphatic carboxylic acids is 1. The third kappa shape index (κ3) is 4.62. The van der Waals surface area contributed by atoms with Crippen molar-refractivity contribution >= 4 is 11.9 Å². The summed E-state index contributed by atoms with van der Waals surface area (Å²) in [5, 5.41) is 8.69. The van der Waals surface area contributed by atoms with Crippen LogP contribution in [0.4, 0.5) is 0 Å². The van der Waals surface area contributed by atoms with Gasteiger partial charge < -0.3 is 14.7 Å². The summed E-state index contributed by atoms with van der Waals surface area (Å²) >= 11 is 0. The molecule has 0 aromatic heterocycles. The minimum absolute atomic E-state index is 0.147. The molecule has 0 radical (unpaired) electrons. The molecule has 0 unspecified atom stereocenters. The van der Waals surface area contributed by atoms with Crippen LogP contribution in [0.1, 0.15) is 18.1 Å². The van der Waals surface area contributed by atoms with Gasteiger partial charge in [-0.2, -0.15) is 0 Å². The molecule has 0 heterocycles. The van der Waals surface area contributed by atoms with Crippen molar-refractivity contribution in [2.75, 3.05) is 19.7 Å². The van der Waals surface area contributed by atoms with Gasteiger partial charge in [-0.15, -0.1) is 0 Å². The zero-order chi connectivity index (χ0) is 14.4. The average molecular weight is 265 g/mol. The highest BCUT2D eigenvalue weighted by Gasteiger charge is 2.15. The predicted octanol–water partition coefficient (Wildman–Crippen LogP) is 1.62. The zero-order valence-corrected chi connectivity index (χ0v) is 11.5. The predicted molar refractivity (Wildman–Crippen MR) is 71.3 cm³/mol. The van der Waals surface area contributed by atoms with Crippen molar-refractivity contribution in [1.29, 1.82) is 0 Å². The molecule has 0 aliphatic carbocycles. The van der Waals surface area contributed by atoms with Crippen molar-refractivity contribution in [2.24, 2.45) is 0 Å². The first-order valence-corrected chi connectivity index (χ1v) is 6.13. The van der Waals surface area contributed by atoms with Gasteiger partial charge in [0, 0.05) is 6.54 Å². The standard InChI is InChI=1S/C14H19NO4/c1-4-15(8-14(17)18)13(16)9-19-12-7-10(2)5-6-11(12)3/h5-7H,4,8-9H2,1-3H3,(H,17,18). The molecule has 5 heteroatoms. The molecule has 0 spiro atoms. The summed E-state index contributed by atoms with van der Waals surface area (Å²) in [5.41, 5.74) is 1.99. The summed E-state index contributed by atoms with van der Waals surface area (Å²) in [6, 6.07) is 5.74. The minimum atomic E-state index is -1.03. The number of carboxylic acid groups (broad SMARTS) is 1. The lowest BCUT2D eigenvalue weighted by Gasteiger charge is -2.19. The van der Waals surface area contributed by atoms with Crippen molar-refractivity contribution in [3.63, 3.8) is 0 Å². The molecule has 5 nitrogen and oxygen atoms in total. The van der Waals surface area contributed by atoms with Gasteiger partial charge in [-0.1, -0.05) is 12.1 Å². The van der Waals surface area contributed by atoms with E-state index < -0.39 is 5.97 Å². The van der Waals surface area contributed by atoms with Gasteiger partial charge in [0.25, 0.3) is 5.91 Å². The van der Waals surface area contributed by atoms with Crippen molar-refractivity contribution in [3.05, 3.63) is 29.3 Å². The van der Waals surface area contributed by atoms with Crippen LogP contribution in [0, 0.1) is 13.8 Å². The molecule has 19 heavy (non-hydrogen) atoms. The van der Waals surface area contributed by atoms with Gasteiger partial charge in [-0.05, 0) is 38.0 Å². The fraction of sp³-hybridized carbons (Fsp3) is 0.429. The number of benzene rings is 1. The van der Waals surface area contributed by atoms with Crippen LogP contribution >= 0.6 is 0 Å². The number of rotatable bonds is 6. The first kappa shape index (κ1) is 15.0. The molecule has 0 atom stereocenters. The number of nitrogens with zero attached hydrogens (tertiary/aromatic N) is 1. The van der Waals surface area contributed by atoms with E-state index in [1.54, 1.807) is 6.92 Å². The smallest absolute Gasteiger partial charge is 0.323 e. The normalized spacial score (nSPS) is 10.1. The Balaban J connectivity index is 2.62. The van der Waals surface area contributed by atoms with Crippen LogP contribution in [0.25, 0.3) is 0 Å². The molecule has 1 aromatic carbocycles. The SMILES string of the molecule is CCN(CC(=O)O)C(=O)COc1cc(C)ccc1C. The molecule has 0 aliphatic rings. The second kappa shape index (κ2) is 6.78. The van der Waals surface area contributed by atoms with E-state index in [1.807, 2.05) is 32.0 Å². The third-order valence-electron chi connectivity index (χ3n) is 2.76. The summed E-state index contributed by atoms with van der Waals surface area (Å²) in [6.07, 6.45) is 0. The summed E-state index contributed by atoms with van der Waals surface area (Å²) < 4.78 is 5.46. The fourth-order valence-corrected chi connectivity index (χ4v) is 1.63. The Morgan fingerprint density at radius 2 is 2.00 bits per heavy atom. The first-order chi connectivity index (χ1) is 8.93. The van der Waals surface area contributed by atoms with Gasteiger partial charge in [-0.25, -0.2) is 0 Å². The van der Waals surface area contributed by atoms with E-state index in [-0.39, 0.29) is 19.1 Å². The topological polar surface area (TPSA) is 66.8 Å². The fourth-order valence-electron chi connectivity index (χ4n) is 1.63. The summed E-state index contributed by atoms with van der Waals surface area (Å²) in [6.45, 7) is 5.47. The van der Waals surface area contributed by atoms with Gasteiger partial charge in [0.15, 0.2) is 6.61 Å². The third-order valence-corrected chi connectivity index (χ3v) is 2.76. The summed E-state index contributed by atoms with van der Waals surface area (Å²) in [7, 11) is 0. The second-order valence-electron chi connectivity index (χ2n) is 4.36. The quantitative estimate of drug-likeness (QED) is 0.848. The van der Waals surface area contributed by atoms with E-state index in [0.717, 1.165) is 11.1 Å². The van der Waals surface area contributed by atoms with Crippen molar-refractivity contribution in [1.82, 2.24) is 4.90 Å². The molecule has 0 bridgehead atoms. The lowest BCUT2D eigenvalue weighted by atomic mass is 10.1. The van der Waals surface area contributed by atoms with E-state index in [4.69, 9.17) is 9.84 Å². The highest BCUT2D eigenvalue weighted by molar-refractivity contribution is 5.82. The number of amides is 1. The highest BCUT2D eigenvalue weighted by atomic mass is 16.5. The first-order valence-electron chi connectivity index (χ1n) is 6.13. The van der Waals surface area contributed by atoms with Crippen LogP contribution in [-0.2, 0) is 9.59 Å². The van der Waals surface area contributed by atoms with Crippen molar-refractivity contribution < 1.29 is 19.4 Å². The second-order valence-corrected chi connectivity index (χ2v) is 4.36. The van der Waals surface area contributed by atoms with E-state index in [0.29, 0.717) is 12.3 Å². The van der Waals surface area contributed by atoms with Crippen LogP contribution in [-0.4, -0.2) is 41.6 Å². The van der Waals surface area contributed by atoms with Crippen LogP contribution in [0.2, 0.25) is 0 Å². The van der Waals surface area contributed by atoms with Gasteiger partial charge in [0.2, 0.25) is 0 Å². The molecule has 1 N–H and O–H groups in total. The summed E-state index contributed by atoms with van der Waals surface area (Å²) in [5.74, 6) is -0.701. The number of ether oxygens (including phenoxy) is 1. The monoisotopic (exact) mass is 265 g/mol. The van der Waals surface area contributed by atoms with E-state index >= 15 is 0 Å². The van der Waals surface area contributed by atoms with E-state index in [9.17, 15) is 9.59 Å². The molecule has 0 aliphatic heterocycles. The largest absolute Gasteiger partial charge is 0.483 e. The number of carboxylic acids is 1. The van der Waals surface area contributed by atoms with E-state index in [1.165, 1.54) is 4.90 Å². The lowest BCUT2D eigenvalue weighted by molar-refractivity contribution is -0.145. The Hall–Kier alpha value is -2.04. The Labute approximate surface area is 112 Å². The number of likely N-dealkylation sites (N-methyl/N-ethyl adjacent to an activating group) is 1. The number of hydrogen-bond acceptors (Lipinski definition) is 3. The minimum Gasteiger partial charge on any atom is -0.483 e. The van der Waals surface area contributed by atoms with Gasteiger partial charge in [0.1, 0.15) is 12.3 Å². The van der Waals surface area contributed by atoms with Gasteiger partial charge >= 0.3 is 5.97 Å². The van der Waals surface area contributed by atoms with Crippen molar-refractivity contribution in [2.45, 2.75) is 20.8 Å². The lowest BCUT2D eigenvalue weighted by Crippen LogP contribution is -2.38. The molecule has 1 aromatic rings. The molecule has 0 fully saturated rings. The number of hydrogen-bond donors (Lipinski definition) is 1. The Morgan fingerprint density at radius 1 is 1.32 bits per heavy atom. The molecule has 1 rings (SSSR count). The van der Waals surface area contributed by atoms with Crippen LogP contribution < -0.4 is 4.74 Å². The summed E-state index contributed by atoms with van der Waals surface area (Å²) in [4.78, 5) is 23.7. The zero-order valence-electron chi connectivity index (χ0n) is 11.5. The molecular formula is C14H19NO4. The van der Waals surface area contributed by atoms with Crippen LogP contribution in [0.5, 0.6) is 5.75 Å². The van der Waals surface area contributed by atoms with Crippen LogP contribution in [0.15, 0.2) is 18.2 Å². The maximum absolute atomic E-state index is 11.8. The number of carbonyl (C=O) groups excluding carboxylic acids is 1. The van der Waals surface area contributed by atoms with Crippen LogP contribution in [0.3, 0.4) is 0 Å². The highest BCUT2D eigenvalue weighted by Crippen LogP contribution is 2.19. The molecule has 104 valence electrons. The Morgan fingerprint density at radius 3 is 2.58 bits per heavy atom. The Kier molecular flexibility index (Phi) is 5.36. The molecule has 0 saturated heterocycles. The molecule has 0 saturated carbocycles. The maximum atomic E-state index is 11.8. The average Bonchev–Trinajstić information content (AvgIpc) is 2.36.